The van der Waals surface area contributed by atoms with Gasteiger partial charge in [0.25, 0.3) is 0 Å². The lowest BCUT2D eigenvalue weighted by Gasteiger charge is -2.25. The van der Waals surface area contributed by atoms with Gasteiger partial charge in [0.2, 0.25) is 0 Å². The molecule has 56 valence electrons. The maximum Gasteiger partial charge on any atom is 0.133 e. The Balaban J connectivity index is 2.10. The highest BCUT2D eigenvalue weighted by Crippen LogP contribution is 2.55. The molecule has 0 aromatic carbocycles. The summed E-state index contributed by atoms with van der Waals surface area (Å²) in [6.07, 6.45) is 3.92. The van der Waals surface area contributed by atoms with Crippen molar-refractivity contribution in [1.82, 2.24) is 0 Å². The number of hydrogen-bond donors (Lipinski definition) is 1. The van der Waals surface area contributed by atoms with Crippen LogP contribution in [0.15, 0.2) is 0 Å². The number of aliphatic hydroxyl groups excluding tert-OH is 1. The van der Waals surface area contributed by atoms with Crippen LogP contribution in [0.3, 0.4) is 0 Å². The van der Waals surface area contributed by atoms with Gasteiger partial charge in [0.1, 0.15) is 5.78 Å². The van der Waals surface area contributed by atoms with Crippen LogP contribution in [0.2, 0.25) is 0 Å². The number of hydrogen-bond acceptors (Lipinski definition) is 2. The molecule has 2 aliphatic rings. The molecule has 0 unspecified atom stereocenters. The molecular weight excluding hydrogens is 128 g/mol. The predicted molar refractivity (Wildman–Crippen MR) is 36.5 cm³/mol. The van der Waals surface area contributed by atoms with Crippen molar-refractivity contribution in [2.75, 3.05) is 0 Å². The van der Waals surface area contributed by atoms with Crippen molar-refractivity contribution in [2.24, 2.45) is 5.41 Å². The molecule has 0 amide bonds. The molecule has 1 atom stereocenters. The van der Waals surface area contributed by atoms with Crippen LogP contribution < -0.4 is 0 Å². The van der Waals surface area contributed by atoms with E-state index in [9.17, 15) is 9.90 Å². The number of aliphatic hydroxyl groups is 1. The highest BCUT2D eigenvalue weighted by Gasteiger charge is 2.51. The van der Waals surface area contributed by atoms with E-state index in [4.69, 9.17) is 0 Å². The van der Waals surface area contributed by atoms with E-state index in [1.807, 2.05) is 0 Å². The molecule has 0 aromatic rings. The maximum atomic E-state index is 11.0. The Hall–Kier alpha value is -0.370. The van der Waals surface area contributed by atoms with E-state index in [1.54, 1.807) is 0 Å². The van der Waals surface area contributed by atoms with Gasteiger partial charge in [0.05, 0.1) is 6.10 Å². The van der Waals surface area contributed by atoms with E-state index < -0.39 is 0 Å². The molecule has 0 saturated heterocycles. The van der Waals surface area contributed by atoms with Gasteiger partial charge in [-0.15, -0.1) is 0 Å². The smallest absolute Gasteiger partial charge is 0.133 e. The molecule has 0 bridgehead atoms. The Morgan fingerprint density at radius 1 is 1.50 bits per heavy atom. The van der Waals surface area contributed by atoms with Gasteiger partial charge >= 0.3 is 0 Å². The fourth-order valence-electron chi connectivity index (χ4n) is 1.87. The molecule has 0 aliphatic heterocycles. The largest absolute Gasteiger partial charge is 0.393 e. The minimum Gasteiger partial charge on any atom is -0.393 e. The summed E-state index contributed by atoms with van der Waals surface area (Å²) < 4.78 is 0. The Labute approximate surface area is 60.2 Å². The SMILES string of the molecule is O=C1CC[C@H](O)C2(CC2)C1. The molecule has 2 heteroatoms. The van der Waals surface area contributed by atoms with Crippen molar-refractivity contribution in [2.45, 2.75) is 38.2 Å². The van der Waals surface area contributed by atoms with Crippen LogP contribution >= 0.6 is 0 Å². The first kappa shape index (κ1) is 6.35. The summed E-state index contributed by atoms with van der Waals surface area (Å²) in [5.74, 6) is 0.350. The van der Waals surface area contributed by atoms with Crippen molar-refractivity contribution in [3.8, 4) is 0 Å². The fourth-order valence-corrected chi connectivity index (χ4v) is 1.87. The number of carbonyl (C=O) groups is 1. The fraction of sp³-hybridized carbons (Fsp3) is 0.875. The van der Waals surface area contributed by atoms with Crippen molar-refractivity contribution in [1.29, 1.82) is 0 Å². The second-order valence-electron chi connectivity index (χ2n) is 3.63. The van der Waals surface area contributed by atoms with Crippen molar-refractivity contribution < 1.29 is 9.90 Å². The molecule has 1 spiro atoms. The van der Waals surface area contributed by atoms with Gasteiger partial charge in [-0.2, -0.15) is 0 Å². The Morgan fingerprint density at radius 3 is 2.70 bits per heavy atom. The van der Waals surface area contributed by atoms with Crippen molar-refractivity contribution >= 4 is 5.78 Å². The maximum absolute atomic E-state index is 11.0. The monoisotopic (exact) mass is 140 g/mol. The second-order valence-corrected chi connectivity index (χ2v) is 3.63. The standard InChI is InChI=1S/C8H12O2/c9-6-1-2-7(10)8(5-6)3-4-8/h7,10H,1-5H2/t7-/m0/s1. The van der Waals surface area contributed by atoms with Crippen LogP contribution in [0.4, 0.5) is 0 Å². The first-order valence-electron chi connectivity index (χ1n) is 3.93. The summed E-state index contributed by atoms with van der Waals surface area (Å²) in [6, 6.07) is 0. The average Bonchev–Trinajstić information content (AvgIpc) is 2.62. The van der Waals surface area contributed by atoms with Crippen LogP contribution in [-0.2, 0) is 4.79 Å². The second kappa shape index (κ2) is 1.82. The highest BCUT2D eigenvalue weighted by molar-refractivity contribution is 5.80. The van der Waals surface area contributed by atoms with Gasteiger partial charge in [0.15, 0.2) is 0 Å². The molecule has 0 radical (unpaired) electrons. The summed E-state index contributed by atoms with van der Waals surface area (Å²) in [7, 11) is 0. The van der Waals surface area contributed by atoms with E-state index in [0.29, 0.717) is 25.0 Å². The molecule has 0 aromatic heterocycles. The van der Waals surface area contributed by atoms with Crippen LogP contribution in [-0.4, -0.2) is 17.0 Å². The minimum absolute atomic E-state index is 0.0648. The number of carbonyl (C=O) groups excluding carboxylic acids is 1. The first-order chi connectivity index (χ1) is 4.73. The Morgan fingerprint density at radius 2 is 2.20 bits per heavy atom. The predicted octanol–water partition coefficient (Wildman–Crippen LogP) is 0.881. The van der Waals surface area contributed by atoms with E-state index >= 15 is 0 Å². The van der Waals surface area contributed by atoms with Crippen molar-refractivity contribution in [3.05, 3.63) is 0 Å². The van der Waals surface area contributed by atoms with E-state index in [1.165, 1.54) is 0 Å². The zero-order valence-electron chi connectivity index (χ0n) is 5.97. The molecule has 2 rings (SSSR count). The summed E-state index contributed by atoms with van der Waals surface area (Å²) in [5.41, 5.74) is 0.0648. The molecule has 1 N–H and O–H groups in total. The highest BCUT2D eigenvalue weighted by atomic mass is 16.3. The topological polar surface area (TPSA) is 37.3 Å². The zero-order chi connectivity index (χ0) is 7.19. The van der Waals surface area contributed by atoms with Crippen LogP contribution in [0.25, 0.3) is 0 Å². The third kappa shape index (κ3) is 0.788. The molecule has 0 heterocycles. The first-order valence-corrected chi connectivity index (χ1v) is 3.93. The normalized spacial score (nSPS) is 36.5. The minimum atomic E-state index is -0.176. The summed E-state index contributed by atoms with van der Waals surface area (Å²) in [5, 5.41) is 9.46. The molecular formula is C8H12O2. The third-order valence-electron chi connectivity index (χ3n) is 2.84. The lowest BCUT2D eigenvalue weighted by molar-refractivity contribution is -0.125. The molecule has 2 fully saturated rings. The number of Topliss-reactive ketones (excluding diaryl/α,β-unsaturated/α-hetero) is 1. The quantitative estimate of drug-likeness (QED) is 0.542. The van der Waals surface area contributed by atoms with E-state index in [-0.39, 0.29) is 11.5 Å². The molecule has 10 heavy (non-hydrogen) atoms. The Bertz CT molecular complexity index is 170. The van der Waals surface area contributed by atoms with Gasteiger partial charge in [-0.1, -0.05) is 0 Å². The Kier molecular flexibility index (Phi) is 1.15. The summed E-state index contributed by atoms with van der Waals surface area (Å²) in [6.45, 7) is 0. The van der Waals surface area contributed by atoms with Gasteiger partial charge in [-0.05, 0) is 19.3 Å². The number of rotatable bonds is 0. The van der Waals surface area contributed by atoms with Gasteiger partial charge in [-0.25, -0.2) is 0 Å². The van der Waals surface area contributed by atoms with Gasteiger partial charge in [0, 0.05) is 18.3 Å². The van der Waals surface area contributed by atoms with Crippen LogP contribution in [0, 0.1) is 5.41 Å². The molecule has 2 aliphatic carbocycles. The summed E-state index contributed by atoms with van der Waals surface area (Å²) in [4.78, 5) is 11.0. The van der Waals surface area contributed by atoms with Crippen LogP contribution in [0.1, 0.15) is 32.1 Å². The van der Waals surface area contributed by atoms with Crippen LogP contribution in [0.5, 0.6) is 0 Å². The molecule has 2 saturated carbocycles. The van der Waals surface area contributed by atoms with E-state index in [2.05, 4.69) is 0 Å². The lowest BCUT2D eigenvalue weighted by Crippen LogP contribution is -2.30. The average molecular weight is 140 g/mol. The van der Waals surface area contributed by atoms with Crippen molar-refractivity contribution in [3.63, 3.8) is 0 Å². The lowest BCUT2D eigenvalue weighted by atomic mass is 9.83. The van der Waals surface area contributed by atoms with Gasteiger partial charge < -0.3 is 5.11 Å². The summed E-state index contributed by atoms with van der Waals surface area (Å²) >= 11 is 0. The van der Waals surface area contributed by atoms with E-state index in [0.717, 1.165) is 12.8 Å². The molecule has 2 nitrogen and oxygen atoms in total. The third-order valence-corrected chi connectivity index (χ3v) is 2.84. The zero-order valence-corrected chi connectivity index (χ0v) is 5.97. The van der Waals surface area contributed by atoms with Gasteiger partial charge in [-0.3, -0.25) is 4.79 Å². The number of ketones is 1.